The molecular formula is C13H15ClN2O2. The van der Waals surface area contributed by atoms with E-state index >= 15 is 0 Å². The number of nitrogens with zero attached hydrogens (tertiary/aromatic N) is 1. The number of nitrogens with two attached hydrogens (primary N) is 1. The van der Waals surface area contributed by atoms with Gasteiger partial charge in [-0.25, -0.2) is 0 Å². The molecule has 0 radical (unpaired) electrons. The Labute approximate surface area is 111 Å². The fraction of sp³-hybridized carbons (Fsp3) is 0.308. The molecule has 1 heterocycles. The molecule has 0 aliphatic carbocycles. The van der Waals surface area contributed by atoms with E-state index in [9.17, 15) is 0 Å². The fourth-order valence-electron chi connectivity index (χ4n) is 1.90. The third-order valence-corrected chi connectivity index (χ3v) is 2.93. The molecule has 0 amide bonds. The van der Waals surface area contributed by atoms with Crippen LogP contribution >= 0.6 is 11.6 Å². The van der Waals surface area contributed by atoms with Crippen molar-refractivity contribution in [2.24, 2.45) is 0 Å². The second-order valence-corrected chi connectivity index (χ2v) is 4.40. The number of methoxy groups -OCH3 is 1. The molecule has 0 bridgehead atoms. The number of hydrogen-bond acceptors (Lipinski definition) is 4. The van der Waals surface area contributed by atoms with E-state index in [2.05, 4.69) is 12.1 Å². The first-order valence-corrected chi connectivity index (χ1v) is 6.13. The molecule has 1 aromatic heterocycles. The van der Waals surface area contributed by atoms with Gasteiger partial charge in [0.1, 0.15) is 11.5 Å². The Kier molecular flexibility index (Phi) is 3.77. The third kappa shape index (κ3) is 2.29. The van der Waals surface area contributed by atoms with Gasteiger partial charge in [-0.3, -0.25) is 0 Å². The molecule has 1 aromatic carbocycles. The van der Waals surface area contributed by atoms with E-state index < -0.39 is 0 Å². The number of hydrogen-bond donors (Lipinski definition) is 1. The number of rotatable bonds is 4. The fourth-order valence-corrected chi connectivity index (χ4v) is 2.07. The first-order valence-electron chi connectivity index (χ1n) is 5.75. The van der Waals surface area contributed by atoms with E-state index in [0.717, 1.165) is 29.7 Å². The lowest BCUT2D eigenvalue weighted by molar-refractivity contribution is 0.385. The highest BCUT2D eigenvalue weighted by Gasteiger charge is 2.19. The molecule has 0 unspecified atom stereocenters. The van der Waals surface area contributed by atoms with Crippen LogP contribution in [0.5, 0.6) is 5.75 Å². The van der Waals surface area contributed by atoms with Crippen molar-refractivity contribution < 1.29 is 9.26 Å². The van der Waals surface area contributed by atoms with Gasteiger partial charge in [0, 0.05) is 17.0 Å². The summed E-state index contributed by atoms with van der Waals surface area (Å²) < 4.78 is 10.6. The number of anilines is 1. The largest absolute Gasteiger partial charge is 0.496 e. The molecule has 2 N–H and O–H groups in total. The zero-order valence-electron chi connectivity index (χ0n) is 10.4. The Balaban J connectivity index is 2.60. The van der Waals surface area contributed by atoms with Gasteiger partial charge in [-0.2, -0.15) is 0 Å². The molecule has 0 aliphatic heterocycles. The Morgan fingerprint density at radius 3 is 2.89 bits per heavy atom. The SMILES string of the molecule is CCCc1onc(N)c1-c1cc(Cl)ccc1OC. The van der Waals surface area contributed by atoms with Crippen LogP contribution in [0, 0.1) is 0 Å². The summed E-state index contributed by atoms with van der Waals surface area (Å²) in [6.07, 6.45) is 1.72. The van der Waals surface area contributed by atoms with Crippen LogP contribution in [0.25, 0.3) is 11.1 Å². The quantitative estimate of drug-likeness (QED) is 0.919. The van der Waals surface area contributed by atoms with Gasteiger partial charge in [-0.15, -0.1) is 0 Å². The summed E-state index contributed by atoms with van der Waals surface area (Å²) in [6.45, 7) is 2.07. The number of aromatic nitrogens is 1. The van der Waals surface area contributed by atoms with E-state index in [-0.39, 0.29) is 0 Å². The minimum absolute atomic E-state index is 0.360. The van der Waals surface area contributed by atoms with Gasteiger partial charge in [0.15, 0.2) is 5.82 Å². The number of ether oxygens (including phenoxy) is 1. The molecular weight excluding hydrogens is 252 g/mol. The van der Waals surface area contributed by atoms with Crippen LogP contribution in [0.1, 0.15) is 19.1 Å². The molecule has 0 saturated heterocycles. The van der Waals surface area contributed by atoms with Crippen LogP contribution in [-0.4, -0.2) is 12.3 Å². The predicted molar refractivity (Wildman–Crippen MR) is 71.9 cm³/mol. The molecule has 2 aromatic rings. The highest BCUT2D eigenvalue weighted by molar-refractivity contribution is 6.31. The summed E-state index contributed by atoms with van der Waals surface area (Å²) in [5.74, 6) is 1.82. The van der Waals surface area contributed by atoms with Crippen molar-refractivity contribution in [3.05, 3.63) is 29.0 Å². The molecule has 96 valence electrons. The number of benzene rings is 1. The van der Waals surface area contributed by atoms with Gasteiger partial charge in [-0.1, -0.05) is 23.7 Å². The molecule has 0 fully saturated rings. The molecule has 2 rings (SSSR count). The zero-order valence-corrected chi connectivity index (χ0v) is 11.1. The molecule has 4 nitrogen and oxygen atoms in total. The lowest BCUT2D eigenvalue weighted by atomic mass is 10.0. The highest BCUT2D eigenvalue weighted by atomic mass is 35.5. The highest BCUT2D eigenvalue weighted by Crippen LogP contribution is 2.38. The number of aryl methyl sites for hydroxylation is 1. The number of halogens is 1. The van der Waals surface area contributed by atoms with E-state index in [4.69, 9.17) is 26.6 Å². The van der Waals surface area contributed by atoms with E-state index in [1.165, 1.54) is 0 Å². The summed E-state index contributed by atoms with van der Waals surface area (Å²) in [6, 6.07) is 5.38. The standard InChI is InChI=1S/C13H15ClN2O2/c1-3-4-11-12(13(15)16-18-11)9-7-8(14)5-6-10(9)17-2/h5-7H,3-4H2,1-2H3,(H2,15,16). The average Bonchev–Trinajstić information content (AvgIpc) is 2.71. The van der Waals surface area contributed by atoms with E-state index in [0.29, 0.717) is 16.6 Å². The summed E-state index contributed by atoms with van der Waals surface area (Å²) >= 11 is 6.03. The smallest absolute Gasteiger partial charge is 0.175 e. The summed E-state index contributed by atoms with van der Waals surface area (Å²) in [5, 5.41) is 4.44. The monoisotopic (exact) mass is 266 g/mol. The zero-order chi connectivity index (χ0) is 13.1. The first kappa shape index (κ1) is 12.8. The lowest BCUT2D eigenvalue weighted by Gasteiger charge is -2.09. The predicted octanol–water partition coefficient (Wildman–Crippen LogP) is 3.54. The summed E-state index contributed by atoms with van der Waals surface area (Å²) in [4.78, 5) is 0. The molecule has 0 aliphatic rings. The molecule has 0 spiro atoms. The van der Waals surface area contributed by atoms with Crippen molar-refractivity contribution in [2.45, 2.75) is 19.8 Å². The minimum Gasteiger partial charge on any atom is -0.496 e. The van der Waals surface area contributed by atoms with Crippen molar-refractivity contribution in [1.29, 1.82) is 0 Å². The van der Waals surface area contributed by atoms with Crippen molar-refractivity contribution in [1.82, 2.24) is 5.16 Å². The van der Waals surface area contributed by atoms with Crippen LogP contribution in [-0.2, 0) is 6.42 Å². The Morgan fingerprint density at radius 1 is 1.44 bits per heavy atom. The molecule has 0 atom stereocenters. The lowest BCUT2D eigenvalue weighted by Crippen LogP contribution is -1.94. The maximum absolute atomic E-state index is 6.03. The Morgan fingerprint density at radius 2 is 2.22 bits per heavy atom. The van der Waals surface area contributed by atoms with Gasteiger partial charge in [0.05, 0.1) is 12.7 Å². The van der Waals surface area contributed by atoms with Gasteiger partial charge < -0.3 is 15.0 Å². The molecule has 18 heavy (non-hydrogen) atoms. The maximum Gasteiger partial charge on any atom is 0.175 e. The van der Waals surface area contributed by atoms with Gasteiger partial charge >= 0.3 is 0 Å². The second-order valence-electron chi connectivity index (χ2n) is 3.96. The van der Waals surface area contributed by atoms with Gasteiger partial charge in [-0.05, 0) is 24.6 Å². The molecule has 0 saturated carbocycles. The van der Waals surface area contributed by atoms with Gasteiger partial charge in [0.2, 0.25) is 0 Å². The second kappa shape index (κ2) is 5.31. The van der Waals surface area contributed by atoms with Crippen LogP contribution in [0.3, 0.4) is 0 Å². The van der Waals surface area contributed by atoms with Crippen LogP contribution in [0.2, 0.25) is 5.02 Å². The van der Waals surface area contributed by atoms with Crippen molar-refractivity contribution >= 4 is 17.4 Å². The topological polar surface area (TPSA) is 61.3 Å². The first-order chi connectivity index (χ1) is 8.67. The Hall–Kier alpha value is -1.68. The molecule has 5 heteroatoms. The minimum atomic E-state index is 0.360. The maximum atomic E-state index is 6.03. The van der Waals surface area contributed by atoms with Gasteiger partial charge in [0.25, 0.3) is 0 Å². The Bertz CT molecular complexity index is 552. The number of nitrogen functional groups attached to an aromatic ring is 1. The normalized spacial score (nSPS) is 10.6. The van der Waals surface area contributed by atoms with Crippen molar-refractivity contribution in [2.75, 3.05) is 12.8 Å². The van der Waals surface area contributed by atoms with E-state index in [1.54, 1.807) is 19.2 Å². The van der Waals surface area contributed by atoms with Crippen molar-refractivity contribution in [3.8, 4) is 16.9 Å². The summed E-state index contributed by atoms with van der Waals surface area (Å²) in [5.41, 5.74) is 7.46. The van der Waals surface area contributed by atoms with Crippen LogP contribution < -0.4 is 10.5 Å². The summed E-state index contributed by atoms with van der Waals surface area (Å²) in [7, 11) is 1.61. The van der Waals surface area contributed by atoms with Crippen LogP contribution in [0.4, 0.5) is 5.82 Å². The van der Waals surface area contributed by atoms with E-state index in [1.807, 2.05) is 6.07 Å². The third-order valence-electron chi connectivity index (χ3n) is 2.70. The van der Waals surface area contributed by atoms with Crippen LogP contribution in [0.15, 0.2) is 22.7 Å². The average molecular weight is 267 g/mol. The van der Waals surface area contributed by atoms with Crippen molar-refractivity contribution in [3.63, 3.8) is 0 Å².